The largest absolute Gasteiger partial charge is 0.269 e. The van der Waals surface area contributed by atoms with Crippen molar-refractivity contribution in [2.75, 3.05) is 0 Å². The molecule has 0 aliphatic heterocycles. The Bertz CT molecular complexity index is 949. The van der Waals surface area contributed by atoms with Crippen LogP contribution in [0.25, 0.3) is 16.6 Å². The van der Waals surface area contributed by atoms with Gasteiger partial charge in [0.25, 0.3) is 11.2 Å². The van der Waals surface area contributed by atoms with Crippen LogP contribution < -0.4 is 5.56 Å². The fourth-order valence-electron chi connectivity index (χ4n) is 2.30. The third-order valence-electron chi connectivity index (χ3n) is 3.32. The lowest BCUT2D eigenvalue weighted by Gasteiger charge is -2.10. The van der Waals surface area contributed by atoms with E-state index in [2.05, 4.69) is 4.98 Å². The number of halogens is 1. The lowest BCUT2D eigenvalue weighted by atomic mass is 10.2. The average molecular weight is 299 g/mol. The Labute approximate surface area is 123 Å². The molecule has 0 saturated heterocycles. The van der Waals surface area contributed by atoms with Crippen molar-refractivity contribution in [2.45, 2.75) is 6.92 Å². The number of benzene rings is 2. The minimum atomic E-state index is -0.523. The van der Waals surface area contributed by atoms with E-state index in [1.807, 2.05) is 0 Å². The van der Waals surface area contributed by atoms with Gasteiger partial charge in [-0.3, -0.25) is 19.5 Å². The van der Waals surface area contributed by atoms with E-state index in [4.69, 9.17) is 0 Å². The Morgan fingerprint density at radius 1 is 1.18 bits per heavy atom. The fraction of sp³-hybridized carbons (Fsp3) is 0.0667. The number of rotatable bonds is 2. The topological polar surface area (TPSA) is 78.0 Å². The smallest absolute Gasteiger partial charge is 0.268 e. The van der Waals surface area contributed by atoms with E-state index in [1.54, 1.807) is 6.92 Å². The fourth-order valence-corrected chi connectivity index (χ4v) is 2.30. The predicted molar refractivity (Wildman–Crippen MR) is 78.7 cm³/mol. The number of hydrogen-bond donors (Lipinski definition) is 0. The summed E-state index contributed by atoms with van der Waals surface area (Å²) in [6, 6.07) is 9.34. The van der Waals surface area contributed by atoms with E-state index in [9.17, 15) is 19.3 Å². The number of nitro groups is 1. The number of nitro benzene ring substituents is 1. The monoisotopic (exact) mass is 299 g/mol. The van der Waals surface area contributed by atoms with Gasteiger partial charge in [-0.15, -0.1) is 0 Å². The van der Waals surface area contributed by atoms with Gasteiger partial charge < -0.3 is 0 Å². The first-order valence-electron chi connectivity index (χ1n) is 6.41. The van der Waals surface area contributed by atoms with Crippen molar-refractivity contribution < 1.29 is 9.31 Å². The zero-order valence-corrected chi connectivity index (χ0v) is 11.5. The van der Waals surface area contributed by atoms with Crippen LogP contribution in [0, 0.1) is 22.9 Å². The maximum absolute atomic E-state index is 13.3. The minimum absolute atomic E-state index is 0.0748. The highest BCUT2D eigenvalue weighted by Gasteiger charge is 2.12. The van der Waals surface area contributed by atoms with Crippen molar-refractivity contribution in [2.24, 2.45) is 0 Å². The molecule has 0 bridgehead atoms. The molecule has 3 aromatic rings. The Morgan fingerprint density at radius 2 is 1.86 bits per heavy atom. The summed E-state index contributed by atoms with van der Waals surface area (Å²) in [7, 11) is 0. The van der Waals surface area contributed by atoms with Crippen LogP contribution in [0.15, 0.2) is 47.3 Å². The van der Waals surface area contributed by atoms with Crippen molar-refractivity contribution in [1.82, 2.24) is 9.55 Å². The maximum atomic E-state index is 13.3. The highest BCUT2D eigenvalue weighted by Crippen LogP contribution is 2.17. The second-order valence-electron chi connectivity index (χ2n) is 4.73. The van der Waals surface area contributed by atoms with Crippen LogP contribution >= 0.6 is 0 Å². The zero-order valence-electron chi connectivity index (χ0n) is 11.5. The summed E-state index contributed by atoms with van der Waals surface area (Å²) in [6.07, 6.45) is 0. The van der Waals surface area contributed by atoms with E-state index in [1.165, 1.54) is 41.0 Å². The molecular weight excluding hydrogens is 289 g/mol. The van der Waals surface area contributed by atoms with E-state index < -0.39 is 16.3 Å². The lowest BCUT2D eigenvalue weighted by molar-refractivity contribution is -0.384. The van der Waals surface area contributed by atoms with Gasteiger partial charge >= 0.3 is 0 Å². The summed E-state index contributed by atoms with van der Waals surface area (Å²) < 4.78 is 14.6. The molecule has 0 aliphatic rings. The van der Waals surface area contributed by atoms with Crippen LogP contribution in [-0.4, -0.2) is 14.5 Å². The molecule has 0 fully saturated rings. The molecule has 0 atom stereocenters. The van der Waals surface area contributed by atoms with E-state index >= 15 is 0 Å². The molecule has 7 heteroatoms. The van der Waals surface area contributed by atoms with Crippen LogP contribution in [0.5, 0.6) is 0 Å². The van der Waals surface area contributed by atoms with Gasteiger partial charge in [0.05, 0.1) is 21.5 Å². The van der Waals surface area contributed by atoms with Gasteiger partial charge in [-0.25, -0.2) is 9.37 Å². The van der Waals surface area contributed by atoms with Crippen LogP contribution in [0.2, 0.25) is 0 Å². The molecule has 0 radical (unpaired) electrons. The first kappa shape index (κ1) is 13.9. The normalized spacial score (nSPS) is 10.8. The molecule has 1 aromatic heterocycles. The molecule has 1 heterocycles. The minimum Gasteiger partial charge on any atom is -0.268 e. The lowest BCUT2D eigenvalue weighted by Crippen LogP contribution is -2.22. The molecule has 0 aliphatic carbocycles. The molecule has 0 unspecified atom stereocenters. The maximum Gasteiger partial charge on any atom is 0.269 e. The Morgan fingerprint density at radius 3 is 2.50 bits per heavy atom. The summed E-state index contributed by atoms with van der Waals surface area (Å²) in [6.45, 7) is 1.64. The summed E-state index contributed by atoms with van der Waals surface area (Å²) >= 11 is 0. The van der Waals surface area contributed by atoms with Gasteiger partial charge in [-0.1, -0.05) is 0 Å². The third-order valence-corrected chi connectivity index (χ3v) is 3.32. The quantitative estimate of drug-likeness (QED) is 0.538. The van der Waals surface area contributed by atoms with Gasteiger partial charge in [-0.05, 0) is 37.3 Å². The third kappa shape index (κ3) is 2.22. The van der Waals surface area contributed by atoms with Crippen LogP contribution in [-0.2, 0) is 0 Å². The van der Waals surface area contributed by atoms with E-state index in [-0.39, 0.29) is 11.1 Å². The van der Waals surface area contributed by atoms with Crippen molar-refractivity contribution in [1.29, 1.82) is 0 Å². The molecule has 2 aromatic carbocycles. The number of fused-ring (bicyclic) bond motifs is 1. The zero-order chi connectivity index (χ0) is 15.9. The number of non-ortho nitro benzene ring substituents is 1. The molecule has 3 rings (SSSR count). The SMILES string of the molecule is Cc1nc2ccc(F)cc2c(=O)n1-c1ccc([N+](=O)[O-])cc1. The number of hydrogen-bond acceptors (Lipinski definition) is 4. The molecule has 0 spiro atoms. The van der Waals surface area contributed by atoms with Crippen molar-refractivity contribution in [3.8, 4) is 5.69 Å². The number of aromatic nitrogens is 2. The highest BCUT2D eigenvalue weighted by atomic mass is 19.1. The van der Waals surface area contributed by atoms with Gasteiger partial charge in [0.1, 0.15) is 11.6 Å². The average Bonchev–Trinajstić information content (AvgIpc) is 2.49. The summed E-state index contributed by atoms with van der Waals surface area (Å²) in [5, 5.41) is 10.8. The molecule has 0 saturated carbocycles. The summed E-state index contributed by atoms with van der Waals surface area (Å²) in [4.78, 5) is 27.0. The second kappa shape index (κ2) is 5.03. The van der Waals surface area contributed by atoms with Crippen molar-refractivity contribution in [3.05, 3.63) is 74.6 Å². The Hall–Kier alpha value is -3.09. The number of nitrogens with zero attached hydrogens (tertiary/aromatic N) is 3. The van der Waals surface area contributed by atoms with E-state index in [0.717, 1.165) is 6.07 Å². The Balaban J connectivity index is 2.26. The predicted octanol–water partition coefficient (Wildman–Crippen LogP) is 2.74. The molecule has 110 valence electrons. The van der Waals surface area contributed by atoms with Gasteiger partial charge in [0.15, 0.2) is 0 Å². The molecule has 22 heavy (non-hydrogen) atoms. The van der Waals surface area contributed by atoms with E-state index in [0.29, 0.717) is 17.0 Å². The first-order valence-corrected chi connectivity index (χ1v) is 6.41. The van der Waals surface area contributed by atoms with Gasteiger partial charge in [0, 0.05) is 12.1 Å². The summed E-state index contributed by atoms with van der Waals surface area (Å²) in [5.41, 5.74) is 0.346. The van der Waals surface area contributed by atoms with Gasteiger partial charge in [-0.2, -0.15) is 0 Å². The highest BCUT2D eigenvalue weighted by molar-refractivity contribution is 5.78. The standard InChI is InChI=1S/C15H10FN3O3/c1-9-17-14-7-2-10(16)8-13(14)15(20)18(9)11-3-5-12(6-4-11)19(21)22/h2-8H,1H3. The molecular formula is C15H10FN3O3. The Kier molecular flexibility index (Phi) is 3.17. The van der Waals surface area contributed by atoms with Crippen molar-refractivity contribution >= 4 is 16.6 Å². The molecule has 6 nitrogen and oxygen atoms in total. The summed E-state index contributed by atoms with van der Waals surface area (Å²) in [5.74, 6) is -0.108. The van der Waals surface area contributed by atoms with Crippen LogP contribution in [0.1, 0.15) is 5.82 Å². The van der Waals surface area contributed by atoms with Crippen LogP contribution in [0.4, 0.5) is 10.1 Å². The second-order valence-corrected chi connectivity index (χ2v) is 4.73. The molecule has 0 N–H and O–H groups in total. The molecule has 0 amide bonds. The van der Waals surface area contributed by atoms with Gasteiger partial charge in [0.2, 0.25) is 0 Å². The van der Waals surface area contributed by atoms with Crippen LogP contribution in [0.3, 0.4) is 0 Å². The number of aryl methyl sites for hydroxylation is 1. The van der Waals surface area contributed by atoms with Crippen molar-refractivity contribution in [3.63, 3.8) is 0 Å². The first-order chi connectivity index (χ1) is 10.5.